The van der Waals surface area contributed by atoms with E-state index in [0.29, 0.717) is 24.4 Å². The minimum Gasteiger partial charge on any atom is -0.481 e. The van der Waals surface area contributed by atoms with E-state index in [1.165, 1.54) is 0 Å². The number of benzene rings is 2. The Morgan fingerprint density at radius 3 is 2.42 bits per heavy atom. The second-order valence-corrected chi connectivity index (χ2v) is 6.59. The van der Waals surface area contributed by atoms with Crippen molar-refractivity contribution < 1.29 is 19.4 Å². The van der Waals surface area contributed by atoms with Crippen LogP contribution in [-0.4, -0.2) is 41.4 Å². The van der Waals surface area contributed by atoms with E-state index in [-0.39, 0.29) is 18.1 Å². The molecule has 2 aromatic carbocycles. The van der Waals surface area contributed by atoms with Crippen LogP contribution in [-0.2, 0) is 4.79 Å². The highest BCUT2D eigenvalue weighted by molar-refractivity contribution is 5.98. The van der Waals surface area contributed by atoms with Crippen molar-refractivity contribution in [3.63, 3.8) is 0 Å². The smallest absolute Gasteiger partial charge is 0.304 e. The quantitative estimate of drug-likeness (QED) is 0.766. The van der Waals surface area contributed by atoms with E-state index < -0.39 is 5.97 Å². The van der Waals surface area contributed by atoms with Gasteiger partial charge in [-0.15, -0.1) is 0 Å². The summed E-state index contributed by atoms with van der Waals surface area (Å²) in [4.78, 5) is 25.6. The lowest BCUT2D eigenvalue weighted by atomic mass is 9.90. The summed E-state index contributed by atoms with van der Waals surface area (Å²) in [7, 11) is 0. The van der Waals surface area contributed by atoms with E-state index in [2.05, 4.69) is 4.90 Å². The van der Waals surface area contributed by atoms with Gasteiger partial charge in [-0.1, -0.05) is 18.2 Å². The summed E-state index contributed by atoms with van der Waals surface area (Å²) in [5, 5.41) is 8.82. The summed E-state index contributed by atoms with van der Waals surface area (Å²) in [5.41, 5.74) is 0.676. The molecule has 1 saturated heterocycles. The van der Waals surface area contributed by atoms with Crippen LogP contribution in [0.15, 0.2) is 54.6 Å². The Bertz CT molecular complexity index is 742. The van der Waals surface area contributed by atoms with E-state index in [4.69, 9.17) is 9.84 Å². The highest BCUT2D eigenvalue weighted by Gasteiger charge is 2.26. The molecule has 0 aromatic heterocycles. The number of carboxylic acid groups (broad SMARTS) is 1. The molecule has 2 aromatic rings. The summed E-state index contributed by atoms with van der Waals surface area (Å²) in [6, 6.07) is 16.7. The minimum absolute atomic E-state index is 0.0709. The average Bonchev–Trinajstić information content (AvgIpc) is 2.67. The molecule has 1 heterocycles. The minimum atomic E-state index is -0.799. The van der Waals surface area contributed by atoms with Crippen LogP contribution in [0.5, 0.6) is 11.5 Å². The van der Waals surface area contributed by atoms with Gasteiger partial charge in [0.05, 0.1) is 6.42 Å². The molecule has 1 aliphatic rings. The molecule has 0 radical (unpaired) electrons. The third-order valence-electron chi connectivity index (χ3n) is 4.64. The van der Waals surface area contributed by atoms with Crippen molar-refractivity contribution in [2.24, 2.45) is 5.92 Å². The summed E-state index contributed by atoms with van der Waals surface area (Å²) in [6.45, 7) is 2.00. The lowest BCUT2D eigenvalue weighted by Gasteiger charge is -2.31. The second-order valence-electron chi connectivity index (χ2n) is 6.59. The molecule has 1 unspecified atom stereocenters. The van der Waals surface area contributed by atoms with Crippen LogP contribution in [0.3, 0.4) is 0 Å². The number of Topliss-reactive ketones (excluding diaryl/α,β-unsaturated/α-hetero) is 1. The molecule has 5 heteroatoms. The number of rotatable bonds is 7. The lowest BCUT2D eigenvalue weighted by molar-refractivity contribution is -0.137. The van der Waals surface area contributed by atoms with Gasteiger partial charge in [-0.05, 0) is 55.8 Å². The summed E-state index contributed by atoms with van der Waals surface area (Å²) in [5.74, 6) is 0.703. The number of carbonyl (C=O) groups excluding carboxylic acids is 1. The number of carboxylic acids is 1. The molecule has 0 aliphatic carbocycles. The fraction of sp³-hybridized carbons (Fsp3) is 0.333. The SMILES string of the molecule is O=C(O)CCN1CCCC(C(=O)c2ccc(Oc3ccccc3)cc2)C1. The fourth-order valence-electron chi connectivity index (χ4n) is 3.27. The van der Waals surface area contributed by atoms with Crippen LogP contribution < -0.4 is 4.74 Å². The number of likely N-dealkylation sites (tertiary alicyclic amines) is 1. The van der Waals surface area contributed by atoms with Gasteiger partial charge in [-0.25, -0.2) is 0 Å². The van der Waals surface area contributed by atoms with Gasteiger partial charge >= 0.3 is 5.97 Å². The van der Waals surface area contributed by atoms with Crippen LogP contribution in [0.25, 0.3) is 0 Å². The number of para-hydroxylation sites is 1. The van der Waals surface area contributed by atoms with Gasteiger partial charge in [-0.2, -0.15) is 0 Å². The molecule has 3 rings (SSSR count). The summed E-state index contributed by atoms with van der Waals surface area (Å²) < 4.78 is 5.75. The first-order chi connectivity index (χ1) is 12.6. The van der Waals surface area contributed by atoms with E-state index in [1.54, 1.807) is 12.1 Å². The Hall–Kier alpha value is -2.66. The average molecular weight is 353 g/mol. The van der Waals surface area contributed by atoms with E-state index in [0.717, 1.165) is 25.1 Å². The number of ketones is 1. The van der Waals surface area contributed by atoms with Crippen molar-refractivity contribution in [2.45, 2.75) is 19.3 Å². The van der Waals surface area contributed by atoms with Gasteiger partial charge in [0.1, 0.15) is 11.5 Å². The molecular weight excluding hydrogens is 330 g/mol. The topological polar surface area (TPSA) is 66.8 Å². The Kier molecular flexibility index (Phi) is 6.02. The first-order valence-electron chi connectivity index (χ1n) is 8.93. The van der Waals surface area contributed by atoms with Crippen molar-refractivity contribution in [3.8, 4) is 11.5 Å². The van der Waals surface area contributed by atoms with Crippen LogP contribution in [0.4, 0.5) is 0 Å². The highest BCUT2D eigenvalue weighted by Crippen LogP contribution is 2.24. The van der Waals surface area contributed by atoms with Gasteiger partial charge in [0.15, 0.2) is 5.78 Å². The largest absolute Gasteiger partial charge is 0.481 e. The predicted octanol–water partition coefficient (Wildman–Crippen LogP) is 3.85. The van der Waals surface area contributed by atoms with Gasteiger partial charge in [0.25, 0.3) is 0 Å². The van der Waals surface area contributed by atoms with Crippen molar-refractivity contribution in [1.82, 2.24) is 4.90 Å². The maximum Gasteiger partial charge on any atom is 0.304 e. The molecule has 0 amide bonds. The zero-order valence-electron chi connectivity index (χ0n) is 14.6. The normalized spacial score (nSPS) is 17.6. The van der Waals surface area contributed by atoms with Crippen LogP contribution in [0.2, 0.25) is 0 Å². The molecule has 0 saturated carbocycles. The fourth-order valence-corrected chi connectivity index (χ4v) is 3.27. The number of hydrogen-bond acceptors (Lipinski definition) is 4. The standard InChI is InChI=1S/C21H23NO4/c23-20(24)12-14-22-13-4-5-17(15-22)21(25)16-8-10-19(11-9-16)26-18-6-2-1-3-7-18/h1-3,6-11,17H,4-5,12-15H2,(H,23,24). The second kappa shape index (κ2) is 8.63. The Morgan fingerprint density at radius 2 is 1.73 bits per heavy atom. The number of hydrogen-bond donors (Lipinski definition) is 1. The summed E-state index contributed by atoms with van der Waals surface area (Å²) >= 11 is 0. The molecular formula is C21H23NO4. The van der Waals surface area contributed by atoms with E-state index in [9.17, 15) is 9.59 Å². The third kappa shape index (κ3) is 4.92. The Balaban J connectivity index is 1.59. The Morgan fingerprint density at radius 1 is 1.04 bits per heavy atom. The van der Waals surface area contributed by atoms with Gasteiger partial charge in [0, 0.05) is 24.6 Å². The van der Waals surface area contributed by atoms with Gasteiger partial charge < -0.3 is 14.7 Å². The maximum atomic E-state index is 12.8. The lowest BCUT2D eigenvalue weighted by Crippen LogP contribution is -2.39. The number of nitrogens with zero attached hydrogens (tertiary/aromatic N) is 1. The van der Waals surface area contributed by atoms with Crippen molar-refractivity contribution in [1.29, 1.82) is 0 Å². The third-order valence-corrected chi connectivity index (χ3v) is 4.64. The zero-order chi connectivity index (χ0) is 18.4. The van der Waals surface area contributed by atoms with Crippen molar-refractivity contribution >= 4 is 11.8 Å². The first kappa shape index (κ1) is 18.1. The molecule has 1 aliphatic heterocycles. The molecule has 26 heavy (non-hydrogen) atoms. The molecule has 1 N–H and O–H groups in total. The first-order valence-corrected chi connectivity index (χ1v) is 8.93. The predicted molar refractivity (Wildman–Crippen MR) is 98.7 cm³/mol. The van der Waals surface area contributed by atoms with Gasteiger partial charge in [-0.3, -0.25) is 9.59 Å². The number of piperidine rings is 1. The number of carbonyl (C=O) groups is 2. The van der Waals surface area contributed by atoms with E-state index in [1.807, 2.05) is 42.5 Å². The van der Waals surface area contributed by atoms with Gasteiger partial charge in [0.2, 0.25) is 0 Å². The van der Waals surface area contributed by atoms with Crippen LogP contribution in [0, 0.1) is 5.92 Å². The summed E-state index contributed by atoms with van der Waals surface area (Å²) in [6.07, 6.45) is 1.89. The molecule has 5 nitrogen and oxygen atoms in total. The molecule has 0 spiro atoms. The van der Waals surface area contributed by atoms with Crippen LogP contribution in [0.1, 0.15) is 29.6 Å². The van der Waals surface area contributed by atoms with Crippen LogP contribution >= 0.6 is 0 Å². The molecule has 136 valence electrons. The maximum absolute atomic E-state index is 12.8. The molecule has 1 fully saturated rings. The number of aliphatic carboxylic acids is 1. The molecule has 0 bridgehead atoms. The number of ether oxygens (including phenoxy) is 1. The van der Waals surface area contributed by atoms with Crippen molar-refractivity contribution in [2.75, 3.05) is 19.6 Å². The molecule has 1 atom stereocenters. The Labute approximate surface area is 153 Å². The zero-order valence-corrected chi connectivity index (χ0v) is 14.6. The van der Waals surface area contributed by atoms with E-state index >= 15 is 0 Å². The monoisotopic (exact) mass is 353 g/mol. The van der Waals surface area contributed by atoms with Crippen molar-refractivity contribution in [3.05, 3.63) is 60.2 Å². The highest BCUT2D eigenvalue weighted by atomic mass is 16.5.